The van der Waals surface area contributed by atoms with Crippen LogP contribution in [0.15, 0.2) is 90.1 Å². The van der Waals surface area contributed by atoms with Crippen molar-refractivity contribution in [3.05, 3.63) is 90.6 Å². The molecule has 1 N–H and O–H groups in total. The molecule has 1 heterocycles. The fourth-order valence-electron chi connectivity index (χ4n) is 2.92. The minimum absolute atomic E-state index is 0.142. The van der Waals surface area contributed by atoms with Crippen molar-refractivity contribution in [3.63, 3.8) is 0 Å². The van der Waals surface area contributed by atoms with Gasteiger partial charge < -0.3 is 5.11 Å². The van der Waals surface area contributed by atoms with E-state index in [1.54, 1.807) is 24.5 Å². The van der Waals surface area contributed by atoms with Crippen LogP contribution in [0.2, 0.25) is 0 Å². The largest absolute Gasteiger partial charge is 0.506 e. The third-order valence-electron chi connectivity index (χ3n) is 4.32. The summed E-state index contributed by atoms with van der Waals surface area (Å²) in [5.74, 6) is 0.142. The molecule has 0 saturated carbocycles. The molecule has 0 amide bonds. The predicted molar refractivity (Wildman–Crippen MR) is 115 cm³/mol. The highest BCUT2D eigenvalue weighted by atomic mass is 32.1. The van der Waals surface area contributed by atoms with Gasteiger partial charge in [-0.15, -0.1) is 0 Å². The van der Waals surface area contributed by atoms with Gasteiger partial charge in [0.1, 0.15) is 11.3 Å². The van der Waals surface area contributed by atoms with Crippen LogP contribution in [0.4, 0.5) is 5.69 Å². The van der Waals surface area contributed by atoms with Gasteiger partial charge in [0, 0.05) is 17.8 Å². The number of aromatic hydroxyl groups is 1. The Hall–Kier alpha value is -3.37. The maximum absolute atomic E-state index is 9.93. The lowest BCUT2D eigenvalue weighted by molar-refractivity contribution is 0.480. The van der Waals surface area contributed by atoms with Crippen molar-refractivity contribution in [3.8, 4) is 16.9 Å². The number of pyridine rings is 1. The second-order valence-corrected chi connectivity index (χ2v) is 6.51. The number of fused-ring (bicyclic) bond motifs is 1. The summed E-state index contributed by atoms with van der Waals surface area (Å²) in [6.07, 6.45) is 3.32. The van der Waals surface area contributed by atoms with Gasteiger partial charge in [0.25, 0.3) is 0 Å². The van der Waals surface area contributed by atoms with Crippen LogP contribution in [0.5, 0.6) is 5.75 Å². The summed E-state index contributed by atoms with van der Waals surface area (Å²) in [6, 6.07) is 25.4. The van der Waals surface area contributed by atoms with Gasteiger partial charge in [0.05, 0.1) is 10.6 Å². The molecule has 4 rings (SSSR count). The second kappa shape index (κ2) is 7.48. The summed E-state index contributed by atoms with van der Waals surface area (Å²) < 4.78 is 0. The molecule has 27 heavy (non-hydrogen) atoms. The first-order valence-corrected chi connectivity index (χ1v) is 8.94. The number of nitrogens with zero attached hydrogens (tertiary/aromatic N) is 2. The Kier molecular flexibility index (Phi) is 4.73. The minimum atomic E-state index is 0.142. The van der Waals surface area contributed by atoms with Crippen LogP contribution in [0.3, 0.4) is 0 Å². The lowest BCUT2D eigenvalue weighted by Gasteiger charge is -2.05. The van der Waals surface area contributed by atoms with Gasteiger partial charge in [-0.1, -0.05) is 66.8 Å². The van der Waals surface area contributed by atoms with Crippen molar-refractivity contribution < 1.29 is 5.11 Å². The number of aliphatic imine (C=N–C) groups is 1. The van der Waals surface area contributed by atoms with Gasteiger partial charge in [0.15, 0.2) is 0 Å². The van der Waals surface area contributed by atoms with Crippen molar-refractivity contribution in [1.29, 1.82) is 0 Å². The van der Waals surface area contributed by atoms with E-state index in [0.717, 1.165) is 22.2 Å². The van der Waals surface area contributed by atoms with Crippen LogP contribution in [0, 0.1) is 0 Å². The van der Waals surface area contributed by atoms with Crippen LogP contribution in [-0.2, 0) is 0 Å². The highest BCUT2D eigenvalue weighted by Crippen LogP contribution is 2.30. The maximum atomic E-state index is 9.93. The number of hydrogen-bond donors (Lipinski definition) is 1. The first-order chi connectivity index (χ1) is 13.2. The Morgan fingerprint density at radius 1 is 0.852 bits per heavy atom. The first kappa shape index (κ1) is 17.1. The van der Waals surface area contributed by atoms with E-state index >= 15 is 0 Å². The third kappa shape index (κ3) is 3.61. The lowest BCUT2D eigenvalue weighted by Crippen LogP contribution is -1.98. The normalized spacial score (nSPS) is 11.1. The Morgan fingerprint density at radius 3 is 2.37 bits per heavy atom. The third-order valence-corrected chi connectivity index (χ3v) is 4.66. The van der Waals surface area contributed by atoms with Gasteiger partial charge in [0.2, 0.25) is 0 Å². The second-order valence-electron chi connectivity index (χ2n) is 6.07. The number of aromatic nitrogens is 1. The zero-order chi connectivity index (χ0) is 18.6. The molecular formula is C23H16N2OS. The fourth-order valence-corrected chi connectivity index (χ4v) is 3.10. The van der Waals surface area contributed by atoms with E-state index in [-0.39, 0.29) is 5.75 Å². The Labute approximate surface area is 162 Å². The zero-order valence-electron chi connectivity index (χ0n) is 14.4. The first-order valence-electron chi connectivity index (χ1n) is 8.53. The number of phenolic OH excluding ortho intramolecular Hbond substituents is 1. The Bertz CT molecular complexity index is 1140. The van der Waals surface area contributed by atoms with E-state index in [1.807, 2.05) is 42.5 Å². The van der Waals surface area contributed by atoms with Crippen LogP contribution < -0.4 is 0 Å². The maximum Gasteiger partial charge on any atom is 0.141 e. The number of hydrogen-bond acceptors (Lipinski definition) is 4. The standard InChI is InChI=1S/C23H16N2OS/c26-21-13-12-20(19-7-4-14-24-23(19)21)25-15-22(27)18-10-8-17(9-11-18)16-5-2-1-3-6-16/h1-15,26H/b25-15+. The van der Waals surface area contributed by atoms with Crippen LogP contribution in [0.25, 0.3) is 22.0 Å². The van der Waals surface area contributed by atoms with Crippen LogP contribution in [-0.4, -0.2) is 21.2 Å². The van der Waals surface area contributed by atoms with Crippen molar-refractivity contribution in [2.75, 3.05) is 0 Å². The summed E-state index contributed by atoms with van der Waals surface area (Å²) in [7, 11) is 0. The van der Waals surface area contributed by atoms with Gasteiger partial charge >= 0.3 is 0 Å². The average Bonchev–Trinajstić information content (AvgIpc) is 2.74. The molecule has 0 saturated heterocycles. The van der Waals surface area contributed by atoms with Gasteiger partial charge in [-0.25, -0.2) is 0 Å². The molecule has 0 fully saturated rings. The quantitative estimate of drug-likeness (QED) is 0.284. The topological polar surface area (TPSA) is 45.5 Å². The number of rotatable bonds is 4. The molecule has 130 valence electrons. The summed E-state index contributed by atoms with van der Waals surface area (Å²) in [6.45, 7) is 0. The Balaban J connectivity index is 1.59. The van der Waals surface area contributed by atoms with E-state index in [9.17, 15) is 5.11 Å². The SMILES string of the molecule is Oc1ccc(/N=C/C(=S)c2ccc(-c3ccccc3)cc2)c2cccnc12. The van der Waals surface area contributed by atoms with Gasteiger partial charge in [-0.05, 0) is 41.0 Å². The van der Waals surface area contributed by atoms with E-state index in [4.69, 9.17) is 12.2 Å². The molecule has 1 aromatic heterocycles. The molecule has 4 aromatic rings. The molecule has 0 spiro atoms. The highest BCUT2D eigenvalue weighted by molar-refractivity contribution is 7.82. The van der Waals surface area contributed by atoms with Gasteiger partial charge in [-0.3, -0.25) is 9.98 Å². The van der Waals surface area contributed by atoms with E-state index in [1.165, 1.54) is 5.56 Å². The fraction of sp³-hybridized carbons (Fsp3) is 0. The molecule has 0 unspecified atom stereocenters. The van der Waals surface area contributed by atoms with Gasteiger partial charge in [-0.2, -0.15) is 0 Å². The summed E-state index contributed by atoms with van der Waals surface area (Å²) in [5.41, 5.74) is 4.51. The molecule has 0 atom stereocenters. The Morgan fingerprint density at radius 2 is 1.59 bits per heavy atom. The van der Waals surface area contributed by atoms with Crippen LogP contribution >= 0.6 is 12.2 Å². The summed E-state index contributed by atoms with van der Waals surface area (Å²) in [5, 5.41) is 10.7. The molecular weight excluding hydrogens is 352 g/mol. The van der Waals surface area contributed by atoms with Crippen molar-refractivity contribution in [1.82, 2.24) is 4.98 Å². The van der Waals surface area contributed by atoms with E-state index in [0.29, 0.717) is 10.4 Å². The molecule has 3 nitrogen and oxygen atoms in total. The van der Waals surface area contributed by atoms with Crippen molar-refractivity contribution >= 4 is 39.9 Å². The van der Waals surface area contributed by atoms with Crippen molar-refractivity contribution in [2.24, 2.45) is 4.99 Å². The molecule has 0 radical (unpaired) electrons. The van der Waals surface area contributed by atoms with E-state index < -0.39 is 0 Å². The molecule has 0 bridgehead atoms. The molecule has 0 aliphatic heterocycles. The molecule has 0 aliphatic rings. The predicted octanol–water partition coefficient (Wildman–Crippen LogP) is 5.73. The molecule has 3 aromatic carbocycles. The zero-order valence-corrected chi connectivity index (χ0v) is 15.2. The van der Waals surface area contributed by atoms with E-state index in [2.05, 4.69) is 34.2 Å². The summed E-state index contributed by atoms with van der Waals surface area (Å²) in [4.78, 5) is 9.38. The minimum Gasteiger partial charge on any atom is -0.506 e. The lowest BCUT2D eigenvalue weighted by atomic mass is 10.0. The number of thiocarbonyl (C=S) groups is 1. The number of phenols is 1. The molecule has 4 heteroatoms. The smallest absolute Gasteiger partial charge is 0.141 e. The van der Waals surface area contributed by atoms with Crippen LogP contribution in [0.1, 0.15) is 5.56 Å². The molecule has 0 aliphatic carbocycles. The summed E-state index contributed by atoms with van der Waals surface area (Å²) >= 11 is 5.51. The van der Waals surface area contributed by atoms with Crippen molar-refractivity contribution in [2.45, 2.75) is 0 Å². The monoisotopic (exact) mass is 368 g/mol. The highest BCUT2D eigenvalue weighted by Gasteiger charge is 2.05. The number of benzene rings is 3. The average molecular weight is 368 g/mol.